The van der Waals surface area contributed by atoms with Crippen LogP contribution in [-0.4, -0.2) is 22.5 Å². The van der Waals surface area contributed by atoms with Gasteiger partial charge in [0.2, 0.25) is 0 Å². The van der Waals surface area contributed by atoms with Gasteiger partial charge < -0.3 is 5.32 Å². The molecular weight excluding hydrogens is 278 g/mol. The lowest BCUT2D eigenvalue weighted by molar-refractivity contribution is 0.558. The molecule has 0 fully saturated rings. The number of hydrogen-bond acceptors (Lipinski definition) is 3. The van der Waals surface area contributed by atoms with E-state index in [2.05, 4.69) is 68.5 Å². The molecule has 0 aromatic carbocycles. The van der Waals surface area contributed by atoms with Crippen molar-refractivity contribution in [3.05, 3.63) is 28.0 Å². The molecule has 0 unspecified atom stereocenters. The van der Waals surface area contributed by atoms with Gasteiger partial charge in [0.05, 0.1) is 11.4 Å². The van der Waals surface area contributed by atoms with Gasteiger partial charge in [0, 0.05) is 17.6 Å². The minimum absolute atomic E-state index is 0.536. The summed E-state index contributed by atoms with van der Waals surface area (Å²) in [4.78, 5) is 7.07. The maximum Gasteiger partial charge on any atom is 0.194 e. The van der Waals surface area contributed by atoms with Crippen LogP contribution in [0.3, 0.4) is 0 Å². The number of nitrogens with zero attached hydrogens (tertiary/aromatic N) is 2. The monoisotopic (exact) mass is 305 g/mol. The van der Waals surface area contributed by atoms with Crippen molar-refractivity contribution in [1.29, 1.82) is 0 Å². The Kier molecular flexibility index (Phi) is 5.22. The Balaban J connectivity index is 2.28. The molecule has 2 aromatic heterocycles. The van der Waals surface area contributed by atoms with E-state index in [1.165, 1.54) is 16.1 Å². The standard InChI is InChI=1S/C17H27N3S/c1-11(2)8-18-9-15(12(3)4)7-16-14(6)19-17-20(16)10-13(5)21-17/h7,10-12,18H,8-9H2,1-6H3. The Morgan fingerprint density at radius 3 is 2.67 bits per heavy atom. The first-order chi connectivity index (χ1) is 9.88. The van der Waals surface area contributed by atoms with Gasteiger partial charge in [0.15, 0.2) is 4.96 Å². The summed E-state index contributed by atoms with van der Waals surface area (Å²) in [5.41, 5.74) is 3.78. The molecule has 2 heterocycles. The van der Waals surface area contributed by atoms with Crippen LogP contribution in [0.25, 0.3) is 11.0 Å². The lowest BCUT2D eigenvalue weighted by Gasteiger charge is -2.14. The van der Waals surface area contributed by atoms with Crippen LogP contribution in [0.1, 0.15) is 44.0 Å². The molecule has 0 spiro atoms. The summed E-state index contributed by atoms with van der Waals surface area (Å²) in [5, 5.41) is 3.56. The van der Waals surface area contributed by atoms with Crippen molar-refractivity contribution in [3.63, 3.8) is 0 Å². The lowest BCUT2D eigenvalue weighted by atomic mass is 10.0. The molecular formula is C17H27N3S. The van der Waals surface area contributed by atoms with Crippen molar-refractivity contribution in [2.24, 2.45) is 11.8 Å². The van der Waals surface area contributed by atoms with Gasteiger partial charge in [-0.25, -0.2) is 4.98 Å². The van der Waals surface area contributed by atoms with Gasteiger partial charge in [0.25, 0.3) is 0 Å². The van der Waals surface area contributed by atoms with Crippen LogP contribution < -0.4 is 5.32 Å². The van der Waals surface area contributed by atoms with Gasteiger partial charge in [-0.1, -0.05) is 33.3 Å². The number of nitrogens with one attached hydrogen (secondary N) is 1. The highest BCUT2D eigenvalue weighted by Crippen LogP contribution is 2.23. The van der Waals surface area contributed by atoms with Crippen molar-refractivity contribution < 1.29 is 0 Å². The fourth-order valence-electron chi connectivity index (χ4n) is 2.36. The highest BCUT2D eigenvalue weighted by Gasteiger charge is 2.11. The fraction of sp³-hybridized carbons (Fsp3) is 0.588. The van der Waals surface area contributed by atoms with E-state index in [0.29, 0.717) is 11.8 Å². The first-order valence-corrected chi connectivity index (χ1v) is 8.56. The molecule has 0 saturated carbocycles. The molecule has 116 valence electrons. The molecule has 4 heteroatoms. The number of rotatable bonds is 6. The fourth-order valence-corrected chi connectivity index (χ4v) is 3.24. The minimum Gasteiger partial charge on any atom is -0.313 e. The van der Waals surface area contributed by atoms with E-state index in [1.54, 1.807) is 11.3 Å². The molecule has 0 aliphatic heterocycles. The molecule has 0 aliphatic rings. The summed E-state index contributed by atoms with van der Waals surface area (Å²) >= 11 is 1.75. The van der Waals surface area contributed by atoms with Crippen LogP contribution in [-0.2, 0) is 0 Å². The van der Waals surface area contributed by atoms with Gasteiger partial charge in [-0.3, -0.25) is 4.40 Å². The first-order valence-electron chi connectivity index (χ1n) is 7.74. The molecule has 0 aliphatic carbocycles. The average Bonchev–Trinajstić information content (AvgIpc) is 2.84. The molecule has 2 rings (SSSR count). The second-order valence-electron chi connectivity index (χ2n) is 6.48. The third-order valence-corrected chi connectivity index (χ3v) is 4.51. The molecule has 21 heavy (non-hydrogen) atoms. The molecule has 1 N–H and O–H groups in total. The highest BCUT2D eigenvalue weighted by molar-refractivity contribution is 7.17. The smallest absolute Gasteiger partial charge is 0.194 e. The molecule has 0 saturated heterocycles. The Labute approximate surface area is 132 Å². The van der Waals surface area contributed by atoms with Crippen molar-refractivity contribution in [2.45, 2.75) is 41.5 Å². The summed E-state index contributed by atoms with van der Waals surface area (Å²) in [6.07, 6.45) is 4.50. The van der Waals surface area contributed by atoms with E-state index >= 15 is 0 Å². The van der Waals surface area contributed by atoms with Crippen molar-refractivity contribution in [3.8, 4) is 0 Å². The van der Waals surface area contributed by atoms with Crippen molar-refractivity contribution in [1.82, 2.24) is 14.7 Å². The van der Waals surface area contributed by atoms with Crippen LogP contribution in [0.4, 0.5) is 0 Å². The molecule has 0 bridgehead atoms. The highest BCUT2D eigenvalue weighted by atomic mass is 32.1. The third kappa shape index (κ3) is 3.95. The zero-order chi connectivity index (χ0) is 15.6. The molecule has 3 nitrogen and oxygen atoms in total. The Morgan fingerprint density at radius 2 is 2.05 bits per heavy atom. The normalized spacial score (nSPS) is 13.0. The van der Waals surface area contributed by atoms with E-state index < -0.39 is 0 Å². The topological polar surface area (TPSA) is 29.3 Å². The third-order valence-electron chi connectivity index (χ3n) is 3.61. The zero-order valence-corrected chi connectivity index (χ0v) is 14.8. The SMILES string of the molecule is Cc1cn2c(C=C(CNCC(C)C)C(C)C)c(C)nc2s1. The second-order valence-corrected chi connectivity index (χ2v) is 7.69. The van der Waals surface area contributed by atoms with E-state index in [-0.39, 0.29) is 0 Å². The summed E-state index contributed by atoms with van der Waals surface area (Å²) < 4.78 is 2.22. The van der Waals surface area contributed by atoms with E-state index in [1.807, 2.05) is 0 Å². The maximum absolute atomic E-state index is 4.67. The summed E-state index contributed by atoms with van der Waals surface area (Å²) in [6.45, 7) is 15.2. The number of aromatic nitrogens is 2. The van der Waals surface area contributed by atoms with Crippen LogP contribution in [0.2, 0.25) is 0 Å². The van der Waals surface area contributed by atoms with Gasteiger partial charge in [-0.15, -0.1) is 11.3 Å². The molecule has 0 amide bonds. The van der Waals surface area contributed by atoms with Gasteiger partial charge in [-0.2, -0.15) is 0 Å². The Hall–Kier alpha value is -1.13. The number of thiazole rings is 1. The van der Waals surface area contributed by atoms with E-state index in [4.69, 9.17) is 0 Å². The molecule has 0 radical (unpaired) electrons. The quantitative estimate of drug-likeness (QED) is 0.862. The minimum atomic E-state index is 0.536. The Bertz CT molecular complexity index is 632. The van der Waals surface area contributed by atoms with Crippen LogP contribution >= 0.6 is 11.3 Å². The van der Waals surface area contributed by atoms with Crippen LogP contribution in [0.15, 0.2) is 11.8 Å². The number of aryl methyl sites for hydroxylation is 2. The van der Waals surface area contributed by atoms with Gasteiger partial charge >= 0.3 is 0 Å². The summed E-state index contributed by atoms with van der Waals surface area (Å²) in [7, 11) is 0. The molecule has 2 aromatic rings. The predicted molar refractivity (Wildman–Crippen MR) is 93.1 cm³/mol. The number of hydrogen-bond donors (Lipinski definition) is 1. The van der Waals surface area contributed by atoms with E-state index in [9.17, 15) is 0 Å². The second kappa shape index (κ2) is 6.75. The average molecular weight is 305 g/mol. The largest absolute Gasteiger partial charge is 0.313 e. The van der Waals surface area contributed by atoms with Gasteiger partial charge in [-0.05, 0) is 38.3 Å². The zero-order valence-electron chi connectivity index (χ0n) is 14.0. The van der Waals surface area contributed by atoms with Crippen LogP contribution in [0, 0.1) is 25.7 Å². The summed E-state index contributed by atoms with van der Waals surface area (Å²) in [6, 6.07) is 0. The first kappa shape index (κ1) is 16.2. The van der Waals surface area contributed by atoms with Crippen LogP contribution in [0.5, 0.6) is 0 Å². The van der Waals surface area contributed by atoms with Crippen molar-refractivity contribution >= 4 is 22.4 Å². The van der Waals surface area contributed by atoms with Crippen molar-refractivity contribution in [2.75, 3.05) is 13.1 Å². The maximum atomic E-state index is 4.67. The Morgan fingerprint density at radius 1 is 1.33 bits per heavy atom. The summed E-state index contributed by atoms with van der Waals surface area (Å²) in [5.74, 6) is 1.22. The predicted octanol–water partition coefficient (Wildman–Crippen LogP) is 4.30. The molecule has 0 atom stereocenters. The number of fused-ring (bicyclic) bond motifs is 1. The number of imidazole rings is 1. The lowest BCUT2D eigenvalue weighted by Crippen LogP contribution is -2.23. The van der Waals surface area contributed by atoms with Gasteiger partial charge in [0.1, 0.15) is 0 Å². The van der Waals surface area contributed by atoms with E-state index in [0.717, 1.165) is 23.7 Å².